The van der Waals surface area contributed by atoms with Gasteiger partial charge >= 0.3 is 5.97 Å². The van der Waals surface area contributed by atoms with Gasteiger partial charge in [0.1, 0.15) is 0 Å². The molecule has 0 bridgehead atoms. The first-order valence-electron chi connectivity index (χ1n) is 5.21. The fourth-order valence-corrected chi connectivity index (χ4v) is 2.39. The van der Waals surface area contributed by atoms with E-state index in [-0.39, 0.29) is 4.90 Å². The van der Waals surface area contributed by atoms with Crippen molar-refractivity contribution in [2.45, 2.75) is 24.7 Å². The average molecular weight is 257 g/mol. The van der Waals surface area contributed by atoms with E-state index in [1.807, 2.05) is 0 Å². The third-order valence-corrected chi connectivity index (χ3v) is 3.96. The van der Waals surface area contributed by atoms with E-state index in [2.05, 4.69) is 4.72 Å². The first-order valence-corrected chi connectivity index (χ1v) is 6.69. The Kier molecular flexibility index (Phi) is 4.25. The van der Waals surface area contributed by atoms with E-state index >= 15 is 0 Å². The van der Waals surface area contributed by atoms with Crippen LogP contribution in [0.4, 0.5) is 0 Å². The van der Waals surface area contributed by atoms with Crippen molar-refractivity contribution >= 4 is 16.0 Å². The van der Waals surface area contributed by atoms with Crippen LogP contribution in [0, 0.1) is 0 Å². The molecule has 1 atom stereocenters. The highest BCUT2D eigenvalue weighted by molar-refractivity contribution is 7.89. The summed E-state index contributed by atoms with van der Waals surface area (Å²) in [7, 11) is -3.47. The Morgan fingerprint density at radius 3 is 2.29 bits per heavy atom. The lowest BCUT2D eigenvalue weighted by Crippen LogP contribution is -2.23. The summed E-state index contributed by atoms with van der Waals surface area (Å²) in [5.74, 6) is -1.59. The number of hydrogen-bond donors (Lipinski definition) is 2. The zero-order valence-corrected chi connectivity index (χ0v) is 10.5. The second-order valence-corrected chi connectivity index (χ2v) is 5.40. The van der Waals surface area contributed by atoms with Gasteiger partial charge in [0.05, 0.1) is 10.8 Å². The number of carboxylic acids is 1. The molecular weight excluding hydrogens is 242 g/mol. The molecule has 0 saturated carbocycles. The van der Waals surface area contributed by atoms with E-state index in [0.717, 1.165) is 0 Å². The largest absolute Gasteiger partial charge is 0.481 e. The third kappa shape index (κ3) is 3.28. The topological polar surface area (TPSA) is 83.5 Å². The van der Waals surface area contributed by atoms with Crippen LogP contribution in [0.1, 0.15) is 25.3 Å². The summed E-state index contributed by atoms with van der Waals surface area (Å²) in [5, 5.41) is 8.82. The molecular formula is C11H15NO4S. The minimum Gasteiger partial charge on any atom is -0.481 e. The molecule has 94 valence electrons. The molecule has 0 fully saturated rings. The smallest absolute Gasteiger partial charge is 0.310 e. The summed E-state index contributed by atoms with van der Waals surface area (Å²) >= 11 is 0. The molecule has 1 unspecified atom stereocenters. The molecule has 0 aliphatic heterocycles. The lowest BCUT2D eigenvalue weighted by Gasteiger charge is -2.08. The molecule has 5 nitrogen and oxygen atoms in total. The summed E-state index contributed by atoms with van der Waals surface area (Å²) < 4.78 is 25.6. The van der Waals surface area contributed by atoms with Crippen LogP contribution < -0.4 is 4.72 Å². The van der Waals surface area contributed by atoms with Gasteiger partial charge in [0.15, 0.2) is 0 Å². The van der Waals surface area contributed by atoms with E-state index in [1.165, 1.54) is 24.3 Å². The normalized spacial score (nSPS) is 13.3. The molecule has 0 saturated heterocycles. The monoisotopic (exact) mass is 257 g/mol. The van der Waals surface area contributed by atoms with Crippen LogP contribution in [0.15, 0.2) is 29.2 Å². The van der Waals surface area contributed by atoms with E-state index in [9.17, 15) is 13.2 Å². The lowest BCUT2D eigenvalue weighted by molar-refractivity contribution is -0.138. The maximum atomic E-state index is 11.6. The summed E-state index contributed by atoms with van der Waals surface area (Å²) in [5.41, 5.74) is 0.577. The number of sulfonamides is 1. The second-order valence-electron chi connectivity index (χ2n) is 3.63. The van der Waals surface area contributed by atoms with Crippen molar-refractivity contribution in [1.29, 1.82) is 0 Å². The molecule has 1 aromatic carbocycles. The Labute approximate surface area is 101 Å². The maximum Gasteiger partial charge on any atom is 0.310 e. The van der Waals surface area contributed by atoms with Crippen molar-refractivity contribution in [1.82, 2.24) is 4.72 Å². The van der Waals surface area contributed by atoms with Gasteiger partial charge in [-0.05, 0) is 24.6 Å². The Balaban J connectivity index is 3.00. The second kappa shape index (κ2) is 5.29. The van der Waals surface area contributed by atoms with Crippen LogP contribution in [0.5, 0.6) is 0 Å². The summed E-state index contributed by atoms with van der Waals surface area (Å²) in [6.45, 7) is 3.56. The molecule has 0 aliphatic rings. The van der Waals surface area contributed by atoms with Crippen LogP contribution in [-0.2, 0) is 14.8 Å². The van der Waals surface area contributed by atoms with Crippen molar-refractivity contribution in [3.05, 3.63) is 29.8 Å². The Hall–Kier alpha value is -1.40. The van der Waals surface area contributed by atoms with Crippen molar-refractivity contribution in [2.75, 3.05) is 6.54 Å². The molecule has 2 N–H and O–H groups in total. The molecule has 17 heavy (non-hydrogen) atoms. The molecule has 0 radical (unpaired) electrons. The van der Waals surface area contributed by atoms with Gasteiger partial charge in [0.2, 0.25) is 10.0 Å². The van der Waals surface area contributed by atoms with Crippen LogP contribution >= 0.6 is 0 Å². The van der Waals surface area contributed by atoms with Crippen molar-refractivity contribution in [3.8, 4) is 0 Å². The van der Waals surface area contributed by atoms with Gasteiger partial charge < -0.3 is 5.11 Å². The first-order chi connectivity index (χ1) is 7.88. The van der Waals surface area contributed by atoms with Gasteiger partial charge in [0, 0.05) is 6.54 Å². The van der Waals surface area contributed by atoms with Crippen LogP contribution in [0.3, 0.4) is 0 Å². The number of rotatable bonds is 5. The third-order valence-electron chi connectivity index (χ3n) is 2.40. The minimum atomic E-state index is -3.47. The van der Waals surface area contributed by atoms with E-state index in [1.54, 1.807) is 13.8 Å². The van der Waals surface area contributed by atoms with Crippen LogP contribution in [0.2, 0.25) is 0 Å². The van der Waals surface area contributed by atoms with Gasteiger partial charge in [-0.2, -0.15) is 0 Å². The van der Waals surface area contributed by atoms with Gasteiger partial charge in [-0.15, -0.1) is 0 Å². The first kappa shape index (κ1) is 13.7. The van der Waals surface area contributed by atoms with Crippen molar-refractivity contribution in [3.63, 3.8) is 0 Å². The minimum absolute atomic E-state index is 0.140. The van der Waals surface area contributed by atoms with Crippen LogP contribution in [0.25, 0.3) is 0 Å². The number of nitrogens with one attached hydrogen (secondary N) is 1. The Morgan fingerprint density at radius 2 is 1.88 bits per heavy atom. The van der Waals surface area contributed by atoms with Crippen molar-refractivity contribution in [2.24, 2.45) is 0 Å². The number of aliphatic carboxylic acids is 1. The number of carboxylic acid groups (broad SMARTS) is 1. The van der Waals surface area contributed by atoms with Gasteiger partial charge in [-0.25, -0.2) is 13.1 Å². The quantitative estimate of drug-likeness (QED) is 0.829. The number of hydrogen-bond acceptors (Lipinski definition) is 3. The van der Waals surface area contributed by atoms with Gasteiger partial charge in [0.25, 0.3) is 0 Å². The van der Waals surface area contributed by atoms with E-state index < -0.39 is 21.9 Å². The molecule has 0 heterocycles. The highest BCUT2D eigenvalue weighted by Gasteiger charge is 2.16. The Morgan fingerprint density at radius 1 is 1.35 bits per heavy atom. The van der Waals surface area contributed by atoms with Crippen molar-refractivity contribution < 1.29 is 18.3 Å². The molecule has 1 aromatic rings. The molecule has 0 aromatic heterocycles. The van der Waals surface area contributed by atoms with Gasteiger partial charge in [-0.1, -0.05) is 19.1 Å². The van der Waals surface area contributed by atoms with Crippen LogP contribution in [-0.4, -0.2) is 26.0 Å². The molecule has 0 amide bonds. The highest BCUT2D eigenvalue weighted by atomic mass is 32.2. The summed E-state index contributed by atoms with van der Waals surface area (Å²) in [6, 6.07) is 5.85. The molecule has 0 aliphatic carbocycles. The lowest BCUT2D eigenvalue weighted by atomic mass is 10.0. The molecule has 6 heteroatoms. The Bertz CT molecular complexity index is 493. The predicted octanol–water partition coefficient (Wildman–Crippen LogP) is 1.17. The fraction of sp³-hybridized carbons (Fsp3) is 0.364. The average Bonchev–Trinajstić information content (AvgIpc) is 2.28. The fourth-order valence-electron chi connectivity index (χ4n) is 1.35. The molecule has 1 rings (SSSR count). The number of benzene rings is 1. The summed E-state index contributed by atoms with van der Waals surface area (Å²) in [6.07, 6.45) is 0. The predicted molar refractivity (Wildman–Crippen MR) is 63.4 cm³/mol. The molecule has 0 spiro atoms. The SMILES string of the molecule is CCNS(=O)(=O)c1ccc(C(C)C(=O)O)cc1. The highest BCUT2D eigenvalue weighted by Crippen LogP contribution is 2.18. The summed E-state index contributed by atoms with van der Waals surface area (Å²) in [4.78, 5) is 10.9. The van der Waals surface area contributed by atoms with E-state index in [4.69, 9.17) is 5.11 Å². The standard InChI is InChI=1S/C11H15NO4S/c1-3-12-17(15,16)10-6-4-9(5-7-10)8(2)11(13)14/h4-8,12H,3H2,1-2H3,(H,13,14). The number of carbonyl (C=O) groups is 1. The maximum absolute atomic E-state index is 11.6. The van der Waals surface area contributed by atoms with Gasteiger partial charge in [-0.3, -0.25) is 4.79 Å². The zero-order chi connectivity index (χ0) is 13.1. The zero-order valence-electron chi connectivity index (χ0n) is 9.67. The van der Waals surface area contributed by atoms with E-state index in [0.29, 0.717) is 12.1 Å².